The van der Waals surface area contributed by atoms with E-state index in [4.69, 9.17) is 0 Å². The number of nitrogens with zero attached hydrogens (tertiary/aromatic N) is 3. The van der Waals surface area contributed by atoms with Gasteiger partial charge >= 0.3 is 0 Å². The average Bonchev–Trinajstić information content (AvgIpc) is 2.96. The molecule has 1 saturated heterocycles. The third-order valence-electron chi connectivity index (χ3n) is 3.32. The minimum Gasteiger partial charge on any atom is -0.313 e. The summed E-state index contributed by atoms with van der Waals surface area (Å²) >= 11 is 0. The van der Waals surface area contributed by atoms with E-state index >= 15 is 0 Å². The number of likely N-dealkylation sites (N-methyl/N-ethyl adjacent to an activating group) is 1. The van der Waals surface area contributed by atoms with Crippen molar-refractivity contribution in [3.8, 4) is 0 Å². The van der Waals surface area contributed by atoms with Crippen LogP contribution in [-0.4, -0.2) is 48.2 Å². The Labute approximate surface area is 108 Å². The van der Waals surface area contributed by atoms with Crippen LogP contribution >= 0.6 is 0 Å². The van der Waals surface area contributed by atoms with Crippen molar-refractivity contribution in [1.82, 2.24) is 19.4 Å². The molecule has 0 amide bonds. The SMILES string of the molecule is CCN(CC1CCCN1)S(=O)(=O)c1ccnn1C. The predicted octanol–water partition coefficient (Wildman–Crippen LogP) is 0.183. The Hall–Kier alpha value is -0.920. The first-order valence-corrected chi connectivity index (χ1v) is 7.71. The fraction of sp³-hybridized carbons (Fsp3) is 0.727. The molecule has 18 heavy (non-hydrogen) atoms. The third kappa shape index (κ3) is 2.57. The largest absolute Gasteiger partial charge is 0.313 e. The highest BCUT2D eigenvalue weighted by Crippen LogP contribution is 2.16. The van der Waals surface area contributed by atoms with Crippen LogP contribution < -0.4 is 5.32 Å². The summed E-state index contributed by atoms with van der Waals surface area (Å²) in [4.78, 5) is 0. The van der Waals surface area contributed by atoms with E-state index < -0.39 is 10.0 Å². The monoisotopic (exact) mass is 272 g/mol. The normalized spacial score (nSPS) is 20.7. The quantitative estimate of drug-likeness (QED) is 0.830. The molecule has 0 aromatic carbocycles. The Morgan fingerprint density at radius 1 is 1.61 bits per heavy atom. The molecule has 1 aliphatic heterocycles. The molecule has 0 spiro atoms. The van der Waals surface area contributed by atoms with Gasteiger partial charge in [-0.3, -0.25) is 4.68 Å². The van der Waals surface area contributed by atoms with E-state index in [1.807, 2.05) is 6.92 Å². The summed E-state index contributed by atoms with van der Waals surface area (Å²) in [7, 11) is -1.78. The molecule has 1 fully saturated rings. The number of hydrogen-bond acceptors (Lipinski definition) is 4. The van der Waals surface area contributed by atoms with Gasteiger partial charge in [0, 0.05) is 26.2 Å². The van der Waals surface area contributed by atoms with Crippen LogP contribution in [0.2, 0.25) is 0 Å². The molecule has 2 rings (SSSR count). The minimum absolute atomic E-state index is 0.252. The average molecular weight is 272 g/mol. The zero-order valence-electron chi connectivity index (χ0n) is 10.8. The van der Waals surface area contributed by atoms with Gasteiger partial charge in [0.15, 0.2) is 5.03 Å². The van der Waals surface area contributed by atoms with Crippen molar-refractivity contribution in [2.75, 3.05) is 19.6 Å². The van der Waals surface area contributed by atoms with Crippen LogP contribution in [0.4, 0.5) is 0 Å². The zero-order chi connectivity index (χ0) is 13.2. The van der Waals surface area contributed by atoms with Crippen molar-refractivity contribution >= 4 is 10.0 Å². The molecule has 0 bridgehead atoms. The van der Waals surface area contributed by atoms with Crippen molar-refractivity contribution < 1.29 is 8.42 Å². The highest BCUT2D eigenvalue weighted by molar-refractivity contribution is 7.89. The first-order valence-electron chi connectivity index (χ1n) is 6.27. The van der Waals surface area contributed by atoms with Gasteiger partial charge in [0.2, 0.25) is 0 Å². The second-order valence-electron chi connectivity index (χ2n) is 4.54. The summed E-state index contributed by atoms with van der Waals surface area (Å²) in [5.74, 6) is 0. The summed E-state index contributed by atoms with van der Waals surface area (Å²) in [5.41, 5.74) is 0. The molecule has 0 aliphatic carbocycles. The fourth-order valence-electron chi connectivity index (χ4n) is 2.30. The van der Waals surface area contributed by atoms with Crippen LogP contribution in [0.15, 0.2) is 17.3 Å². The predicted molar refractivity (Wildman–Crippen MR) is 68.7 cm³/mol. The maximum Gasteiger partial charge on any atom is 0.260 e. The highest BCUT2D eigenvalue weighted by atomic mass is 32.2. The molecule has 1 aromatic rings. The van der Waals surface area contributed by atoms with Crippen LogP contribution in [0.25, 0.3) is 0 Å². The summed E-state index contributed by atoms with van der Waals surface area (Å²) in [6.07, 6.45) is 3.67. The summed E-state index contributed by atoms with van der Waals surface area (Å²) in [5, 5.41) is 7.50. The van der Waals surface area contributed by atoms with Crippen LogP contribution in [-0.2, 0) is 17.1 Å². The molecule has 0 radical (unpaired) electrons. The maximum atomic E-state index is 12.5. The van der Waals surface area contributed by atoms with Gasteiger partial charge < -0.3 is 5.32 Å². The summed E-state index contributed by atoms with van der Waals surface area (Å²) < 4.78 is 27.9. The standard InChI is InChI=1S/C11H20N4O2S/c1-3-15(9-10-5-4-7-12-10)18(16,17)11-6-8-13-14(11)2/h6,8,10,12H,3-5,7,9H2,1-2H3. The number of aryl methyl sites for hydroxylation is 1. The van der Waals surface area contributed by atoms with E-state index in [9.17, 15) is 8.42 Å². The molecule has 1 N–H and O–H groups in total. The lowest BCUT2D eigenvalue weighted by Crippen LogP contribution is -2.41. The van der Waals surface area contributed by atoms with Gasteiger partial charge in [0.1, 0.15) is 0 Å². The lowest BCUT2D eigenvalue weighted by Gasteiger charge is -2.23. The van der Waals surface area contributed by atoms with Gasteiger partial charge in [-0.05, 0) is 25.5 Å². The number of aromatic nitrogens is 2. The molecule has 1 unspecified atom stereocenters. The zero-order valence-corrected chi connectivity index (χ0v) is 11.7. The van der Waals surface area contributed by atoms with Gasteiger partial charge in [0.25, 0.3) is 10.0 Å². The Kier molecular flexibility index (Phi) is 4.04. The number of nitrogens with one attached hydrogen (secondary N) is 1. The topological polar surface area (TPSA) is 67.2 Å². The van der Waals surface area contributed by atoms with E-state index in [1.165, 1.54) is 15.2 Å². The van der Waals surface area contributed by atoms with Crippen LogP contribution in [0, 0.1) is 0 Å². The molecular formula is C11H20N4O2S. The molecule has 1 aromatic heterocycles. The number of rotatable bonds is 5. The molecule has 1 atom stereocenters. The van der Waals surface area contributed by atoms with Crippen LogP contribution in [0.5, 0.6) is 0 Å². The Morgan fingerprint density at radius 3 is 2.89 bits per heavy atom. The second kappa shape index (κ2) is 5.38. The van der Waals surface area contributed by atoms with Gasteiger partial charge in [0.05, 0.1) is 6.20 Å². The molecule has 1 aliphatic rings. The summed E-state index contributed by atoms with van der Waals surface area (Å²) in [6.45, 7) is 3.85. The lowest BCUT2D eigenvalue weighted by molar-refractivity contribution is 0.379. The van der Waals surface area contributed by atoms with Gasteiger partial charge in [-0.2, -0.15) is 9.40 Å². The third-order valence-corrected chi connectivity index (χ3v) is 5.34. The Balaban J connectivity index is 2.18. The van der Waals surface area contributed by atoms with Crippen LogP contribution in [0.1, 0.15) is 19.8 Å². The van der Waals surface area contributed by atoms with E-state index in [-0.39, 0.29) is 11.1 Å². The lowest BCUT2D eigenvalue weighted by atomic mass is 10.2. The highest BCUT2D eigenvalue weighted by Gasteiger charge is 2.29. The van der Waals surface area contributed by atoms with Gasteiger partial charge in [-0.25, -0.2) is 8.42 Å². The maximum absolute atomic E-state index is 12.5. The van der Waals surface area contributed by atoms with E-state index in [2.05, 4.69) is 10.4 Å². The first-order chi connectivity index (χ1) is 8.55. The summed E-state index contributed by atoms with van der Waals surface area (Å²) in [6, 6.07) is 1.81. The number of sulfonamides is 1. The minimum atomic E-state index is -3.43. The van der Waals surface area contributed by atoms with Gasteiger partial charge in [-0.15, -0.1) is 0 Å². The smallest absolute Gasteiger partial charge is 0.260 e. The van der Waals surface area contributed by atoms with Crippen molar-refractivity contribution in [2.24, 2.45) is 7.05 Å². The van der Waals surface area contributed by atoms with Crippen LogP contribution in [0.3, 0.4) is 0 Å². The van der Waals surface area contributed by atoms with E-state index in [0.29, 0.717) is 13.1 Å². The van der Waals surface area contributed by atoms with Crippen molar-refractivity contribution in [3.63, 3.8) is 0 Å². The molecule has 0 saturated carbocycles. The molecule has 102 valence electrons. The Morgan fingerprint density at radius 2 is 2.39 bits per heavy atom. The molecular weight excluding hydrogens is 252 g/mol. The molecule has 2 heterocycles. The molecule has 7 heteroatoms. The number of hydrogen-bond donors (Lipinski definition) is 1. The van der Waals surface area contributed by atoms with E-state index in [1.54, 1.807) is 13.1 Å². The van der Waals surface area contributed by atoms with Gasteiger partial charge in [-0.1, -0.05) is 6.92 Å². The Bertz CT molecular complexity index is 491. The van der Waals surface area contributed by atoms with Crippen molar-refractivity contribution in [3.05, 3.63) is 12.3 Å². The first kappa shape index (κ1) is 13.5. The van der Waals surface area contributed by atoms with Crippen molar-refractivity contribution in [2.45, 2.75) is 30.8 Å². The fourth-order valence-corrected chi connectivity index (χ4v) is 3.90. The van der Waals surface area contributed by atoms with E-state index in [0.717, 1.165) is 19.4 Å². The molecule has 6 nitrogen and oxygen atoms in total. The second-order valence-corrected chi connectivity index (χ2v) is 6.43. The van der Waals surface area contributed by atoms with Crippen molar-refractivity contribution in [1.29, 1.82) is 0 Å².